The van der Waals surface area contributed by atoms with Crippen molar-refractivity contribution >= 4 is 23.2 Å². The highest BCUT2D eigenvalue weighted by molar-refractivity contribution is 6.39. The van der Waals surface area contributed by atoms with Gasteiger partial charge in [-0.1, -0.05) is 32.9 Å². The largest absolute Gasteiger partial charge is 0.326 e. The lowest BCUT2D eigenvalue weighted by molar-refractivity contribution is -0.137. The highest BCUT2D eigenvalue weighted by Crippen LogP contribution is 2.23. The van der Waals surface area contributed by atoms with Gasteiger partial charge < -0.3 is 5.32 Å². The molecule has 4 heteroatoms. The molecule has 0 spiro atoms. The van der Waals surface area contributed by atoms with Gasteiger partial charge in [-0.25, -0.2) is 0 Å². The summed E-state index contributed by atoms with van der Waals surface area (Å²) in [6.07, 6.45) is -0.406. The van der Waals surface area contributed by atoms with E-state index in [1.807, 2.05) is 12.1 Å². The van der Waals surface area contributed by atoms with Crippen LogP contribution in [0.25, 0.3) is 0 Å². The lowest BCUT2D eigenvalue weighted by Gasteiger charge is -2.19. The van der Waals surface area contributed by atoms with E-state index in [1.165, 1.54) is 0 Å². The van der Waals surface area contributed by atoms with Crippen LogP contribution in [0.1, 0.15) is 39.7 Å². The molecule has 0 bridgehead atoms. The second kappa shape index (κ2) is 5.78. The third kappa shape index (κ3) is 4.66. The van der Waals surface area contributed by atoms with Crippen molar-refractivity contribution in [3.63, 3.8) is 0 Å². The third-order valence-electron chi connectivity index (χ3n) is 2.75. The van der Waals surface area contributed by atoms with Crippen LogP contribution in [0, 0.1) is 0 Å². The molecule has 0 fully saturated rings. The summed E-state index contributed by atoms with van der Waals surface area (Å²) < 4.78 is 0. The SMILES string of the molecule is CC(=O)C(=O)CC(=O)Nc1ccc(C(C)(C)C)cc1. The second-order valence-electron chi connectivity index (χ2n) is 5.53. The minimum atomic E-state index is -0.677. The maximum atomic E-state index is 11.5. The Labute approximate surface area is 113 Å². The van der Waals surface area contributed by atoms with Crippen LogP contribution >= 0.6 is 0 Å². The molecule has 1 amide bonds. The van der Waals surface area contributed by atoms with Crippen molar-refractivity contribution in [2.45, 2.75) is 39.5 Å². The van der Waals surface area contributed by atoms with Gasteiger partial charge in [0, 0.05) is 12.6 Å². The van der Waals surface area contributed by atoms with Gasteiger partial charge in [0.15, 0.2) is 5.78 Å². The van der Waals surface area contributed by atoms with E-state index in [2.05, 4.69) is 26.1 Å². The van der Waals surface area contributed by atoms with Gasteiger partial charge >= 0.3 is 0 Å². The predicted molar refractivity (Wildman–Crippen MR) is 74.1 cm³/mol. The van der Waals surface area contributed by atoms with E-state index in [0.29, 0.717) is 5.69 Å². The van der Waals surface area contributed by atoms with E-state index in [0.717, 1.165) is 12.5 Å². The van der Waals surface area contributed by atoms with Gasteiger partial charge in [-0.3, -0.25) is 14.4 Å². The monoisotopic (exact) mass is 261 g/mol. The summed E-state index contributed by atoms with van der Waals surface area (Å²) in [4.78, 5) is 33.4. The Hall–Kier alpha value is -1.97. The van der Waals surface area contributed by atoms with Crippen molar-refractivity contribution in [3.8, 4) is 0 Å². The molecule has 19 heavy (non-hydrogen) atoms. The number of nitrogens with one attached hydrogen (secondary N) is 1. The zero-order valence-electron chi connectivity index (χ0n) is 11.7. The molecule has 1 rings (SSSR count). The summed E-state index contributed by atoms with van der Waals surface area (Å²) in [5.74, 6) is -1.74. The normalized spacial score (nSPS) is 10.9. The fourth-order valence-corrected chi connectivity index (χ4v) is 1.53. The van der Waals surface area contributed by atoms with Crippen LogP contribution in [-0.4, -0.2) is 17.5 Å². The number of ketones is 2. The summed E-state index contributed by atoms with van der Waals surface area (Å²) >= 11 is 0. The Morgan fingerprint density at radius 3 is 2.00 bits per heavy atom. The Bertz CT molecular complexity index is 495. The maximum absolute atomic E-state index is 11.5. The first kappa shape index (κ1) is 15.1. The number of carbonyl (C=O) groups is 3. The van der Waals surface area contributed by atoms with Crippen LogP contribution in [0.15, 0.2) is 24.3 Å². The summed E-state index contributed by atoms with van der Waals surface area (Å²) in [6, 6.07) is 7.44. The molecule has 0 aliphatic heterocycles. The van der Waals surface area contributed by atoms with Gasteiger partial charge in [-0.05, 0) is 23.1 Å². The van der Waals surface area contributed by atoms with Crippen LogP contribution in [0.5, 0.6) is 0 Å². The standard InChI is InChI=1S/C15H19NO3/c1-10(17)13(18)9-14(19)16-12-7-5-11(6-8-12)15(2,3)4/h5-8H,9H2,1-4H3,(H,16,19). The van der Waals surface area contributed by atoms with Crippen LogP contribution in [0.4, 0.5) is 5.69 Å². The second-order valence-corrected chi connectivity index (χ2v) is 5.53. The molecule has 0 saturated carbocycles. The minimum Gasteiger partial charge on any atom is -0.326 e. The molecule has 0 heterocycles. The van der Waals surface area contributed by atoms with Gasteiger partial charge in [0.25, 0.3) is 0 Å². The topological polar surface area (TPSA) is 63.2 Å². The molecular weight excluding hydrogens is 242 g/mol. The van der Waals surface area contributed by atoms with Crippen molar-refractivity contribution in [2.24, 2.45) is 0 Å². The average Bonchev–Trinajstić information content (AvgIpc) is 2.28. The van der Waals surface area contributed by atoms with Crippen LogP contribution in [0.3, 0.4) is 0 Å². The van der Waals surface area contributed by atoms with E-state index < -0.39 is 23.9 Å². The molecular formula is C15H19NO3. The first-order valence-electron chi connectivity index (χ1n) is 6.14. The van der Waals surface area contributed by atoms with Gasteiger partial charge in [0.05, 0.1) is 6.42 Å². The van der Waals surface area contributed by atoms with Crippen molar-refractivity contribution in [1.29, 1.82) is 0 Å². The first-order chi connectivity index (χ1) is 8.70. The number of anilines is 1. The van der Waals surface area contributed by atoms with Crippen LogP contribution < -0.4 is 5.32 Å². The molecule has 0 aliphatic carbocycles. The van der Waals surface area contributed by atoms with Gasteiger partial charge in [-0.15, -0.1) is 0 Å². The Morgan fingerprint density at radius 1 is 1.05 bits per heavy atom. The number of hydrogen-bond donors (Lipinski definition) is 1. The summed E-state index contributed by atoms with van der Waals surface area (Å²) in [5.41, 5.74) is 1.83. The smallest absolute Gasteiger partial charge is 0.232 e. The molecule has 0 atom stereocenters. The van der Waals surface area contributed by atoms with E-state index in [-0.39, 0.29) is 5.41 Å². The van der Waals surface area contributed by atoms with Gasteiger partial charge in [0.2, 0.25) is 11.7 Å². The molecule has 102 valence electrons. The number of carbonyl (C=O) groups excluding carboxylic acids is 3. The van der Waals surface area contributed by atoms with Crippen molar-refractivity contribution in [1.82, 2.24) is 0 Å². The zero-order chi connectivity index (χ0) is 14.6. The lowest BCUT2D eigenvalue weighted by atomic mass is 9.87. The molecule has 0 unspecified atom stereocenters. The fourth-order valence-electron chi connectivity index (χ4n) is 1.53. The van der Waals surface area contributed by atoms with Gasteiger partial charge in [0.1, 0.15) is 0 Å². The molecule has 4 nitrogen and oxygen atoms in total. The Kier molecular flexibility index (Phi) is 4.59. The zero-order valence-corrected chi connectivity index (χ0v) is 11.7. The average molecular weight is 261 g/mol. The molecule has 1 N–H and O–H groups in total. The van der Waals surface area contributed by atoms with Crippen molar-refractivity contribution < 1.29 is 14.4 Å². The minimum absolute atomic E-state index is 0.0487. The molecule has 1 aromatic carbocycles. The number of amides is 1. The molecule has 0 saturated heterocycles. The molecule has 1 aromatic rings. The van der Waals surface area contributed by atoms with Crippen molar-refractivity contribution in [2.75, 3.05) is 5.32 Å². The predicted octanol–water partition coefficient (Wildman–Crippen LogP) is 2.47. The number of Topliss-reactive ketones (excluding diaryl/α,β-unsaturated/α-hetero) is 2. The molecule has 0 aromatic heterocycles. The van der Waals surface area contributed by atoms with Crippen LogP contribution in [-0.2, 0) is 19.8 Å². The van der Waals surface area contributed by atoms with Crippen molar-refractivity contribution in [3.05, 3.63) is 29.8 Å². The lowest BCUT2D eigenvalue weighted by Crippen LogP contribution is -2.20. The summed E-state index contributed by atoms with van der Waals surface area (Å²) in [6.45, 7) is 7.47. The number of rotatable bonds is 4. The number of benzene rings is 1. The molecule has 0 aliphatic rings. The van der Waals surface area contributed by atoms with Crippen LogP contribution in [0.2, 0.25) is 0 Å². The van der Waals surface area contributed by atoms with E-state index in [4.69, 9.17) is 0 Å². The number of hydrogen-bond acceptors (Lipinski definition) is 3. The maximum Gasteiger partial charge on any atom is 0.232 e. The van der Waals surface area contributed by atoms with E-state index in [9.17, 15) is 14.4 Å². The quantitative estimate of drug-likeness (QED) is 0.669. The fraction of sp³-hybridized carbons (Fsp3) is 0.400. The van der Waals surface area contributed by atoms with E-state index >= 15 is 0 Å². The summed E-state index contributed by atoms with van der Waals surface area (Å²) in [5, 5.41) is 2.59. The first-order valence-corrected chi connectivity index (χ1v) is 6.14. The Balaban J connectivity index is 2.66. The highest BCUT2D eigenvalue weighted by Gasteiger charge is 2.15. The summed E-state index contributed by atoms with van der Waals surface area (Å²) in [7, 11) is 0. The third-order valence-corrected chi connectivity index (χ3v) is 2.75. The van der Waals surface area contributed by atoms with Gasteiger partial charge in [-0.2, -0.15) is 0 Å². The highest BCUT2D eigenvalue weighted by atomic mass is 16.2. The molecule has 0 radical (unpaired) electrons. The Morgan fingerprint density at radius 2 is 1.58 bits per heavy atom. The van der Waals surface area contributed by atoms with E-state index in [1.54, 1.807) is 12.1 Å².